The lowest BCUT2D eigenvalue weighted by molar-refractivity contribution is -0.126. The second-order valence-corrected chi connectivity index (χ2v) is 4.84. The van der Waals surface area contributed by atoms with Gasteiger partial charge in [-0.05, 0) is 31.8 Å². The Balaban J connectivity index is 2.09. The fourth-order valence-electron chi connectivity index (χ4n) is 1.98. The van der Waals surface area contributed by atoms with Crippen LogP contribution in [0.2, 0.25) is 0 Å². The number of amides is 1. The van der Waals surface area contributed by atoms with Crippen molar-refractivity contribution < 1.29 is 9.63 Å². The predicted molar refractivity (Wildman–Crippen MR) is 62.6 cm³/mol. The van der Waals surface area contributed by atoms with Gasteiger partial charge in [-0.15, -0.1) is 0 Å². The highest BCUT2D eigenvalue weighted by Crippen LogP contribution is 2.11. The summed E-state index contributed by atoms with van der Waals surface area (Å²) in [7, 11) is 0. The number of piperidine rings is 1. The molecule has 0 bridgehead atoms. The average molecular weight is 229 g/mol. The summed E-state index contributed by atoms with van der Waals surface area (Å²) in [6.45, 7) is 7.77. The number of nitrogens with two attached hydrogens (primary N) is 1. The summed E-state index contributed by atoms with van der Waals surface area (Å²) < 4.78 is 0. The van der Waals surface area contributed by atoms with Gasteiger partial charge >= 0.3 is 0 Å². The lowest BCUT2D eigenvalue weighted by Crippen LogP contribution is -2.44. The SMILES string of the molecule is CC(C)CN1CCC(NOCC(N)=O)CC1. The summed E-state index contributed by atoms with van der Waals surface area (Å²) in [6, 6.07) is 0.350. The van der Waals surface area contributed by atoms with Gasteiger partial charge in [-0.25, -0.2) is 0 Å². The molecule has 94 valence electrons. The third kappa shape index (κ3) is 5.44. The average Bonchev–Trinajstić information content (AvgIpc) is 2.19. The second kappa shape index (κ2) is 6.83. The fourth-order valence-corrected chi connectivity index (χ4v) is 1.98. The molecular weight excluding hydrogens is 206 g/mol. The molecule has 0 saturated carbocycles. The Morgan fingerprint density at radius 2 is 2.12 bits per heavy atom. The zero-order valence-corrected chi connectivity index (χ0v) is 10.2. The summed E-state index contributed by atoms with van der Waals surface area (Å²) >= 11 is 0. The molecule has 0 atom stereocenters. The number of rotatable bonds is 6. The van der Waals surface area contributed by atoms with Crippen molar-refractivity contribution in [1.82, 2.24) is 10.4 Å². The molecule has 1 fully saturated rings. The van der Waals surface area contributed by atoms with Crippen LogP contribution in [0.5, 0.6) is 0 Å². The van der Waals surface area contributed by atoms with Crippen LogP contribution in [0, 0.1) is 5.92 Å². The molecule has 1 aliphatic heterocycles. The standard InChI is InChI=1S/C11H23N3O2/c1-9(2)7-14-5-3-10(4-6-14)13-16-8-11(12)15/h9-10,13H,3-8H2,1-2H3,(H2,12,15). The maximum absolute atomic E-state index is 10.5. The van der Waals surface area contributed by atoms with E-state index < -0.39 is 5.91 Å². The van der Waals surface area contributed by atoms with Gasteiger partial charge in [0.15, 0.2) is 0 Å². The Morgan fingerprint density at radius 1 is 1.50 bits per heavy atom. The van der Waals surface area contributed by atoms with E-state index in [0.29, 0.717) is 6.04 Å². The molecule has 0 unspecified atom stereocenters. The first-order valence-corrected chi connectivity index (χ1v) is 5.96. The second-order valence-electron chi connectivity index (χ2n) is 4.84. The van der Waals surface area contributed by atoms with Crippen LogP contribution in [0.15, 0.2) is 0 Å². The largest absolute Gasteiger partial charge is 0.368 e. The molecule has 0 radical (unpaired) electrons. The van der Waals surface area contributed by atoms with E-state index >= 15 is 0 Å². The van der Waals surface area contributed by atoms with Crippen molar-refractivity contribution in [2.75, 3.05) is 26.2 Å². The maximum atomic E-state index is 10.5. The van der Waals surface area contributed by atoms with Crippen molar-refractivity contribution >= 4 is 5.91 Å². The Bertz CT molecular complexity index is 213. The van der Waals surface area contributed by atoms with Crippen LogP contribution in [0.1, 0.15) is 26.7 Å². The van der Waals surface area contributed by atoms with E-state index in [1.54, 1.807) is 0 Å². The lowest BCUT2D eigenvalue weighted by Gasteiger charge is -2.32. The molecule has 16 heavy (non-hydrogen) atoms. The molecule has 1 saturated heterocycles. The van der Waals surface area contributed by atoms with Crippen LogP contribution in [0.25, 0.3) is 0 Å². The molecule has 0 aromatic rings. The van der Waals surface area contributed by atoms with E-state index in [1.807, 2.05) is 0 Å². The van der Waals surface area contributed by atoms with Gasteiger partial charge in [-0.1, -0.05) is 13.8 Å². The van der Waals surface area contributed by atoms with Gasteiger partial charge in [0, 0.05) is 12.6 Å². The summed E-state index contributed by atoms with van der Waals surface area (Å²) in [5, 5.41) is 0. The van der Waals surface area contributed by atoms with Gasteiger partial charge in [0.05, 0.1) is 0 Å². The summed E-state index contributed by atoms with van der Waals surface area (Å²) in [4.78, 5) is 17.9. The van der Waals surface area contributed by atoms with Crippen molar-refractivity contribution in [2.24, 2.45) is 11.7 Å². The first-order chi connectivity index (χ1) is 7.58. The van der Waals surface area contributed by atoms with Gasteiger partial charge < -0.3 is 10.6 Å². The molecule has 0 spiro atoms. The van der Waals surface area contributed by atoms with Gasteiger partial charge in [0.2, 0.25) is 5.91 Å². The van der Waals surface area contributed by atoms with Crippen LogP contribution in [-0.2, 0) is 9.63 Å². The van der Waals surface area contributed by atoms with Crippen LogP contribution in [0.3, 0.4) is 0 Å². The maximum Gasteiger partial charge on any atom is 0.245 e. The Morgan fingerprint density at radius 3 is 2.62 bits per heavy atom. The molecule has 3 N–H and O–H groups in total. The molecule has 0 aromatic carbocycles. The van der Waals surface area contributed by atoms with E-state index in [9.17, 15) is 4.79 Å². The predicted octanol–water partition coefficient (Wildman–Crippen LogP) is 0.113. The molecule has 5 nitrogen and oxygen atoms in total. The topological polar surface area (TPSA) is 67.6 Å². The zero-order chi connectivity index (χ0) is 12.0. The molecular formula is C11H23N3O2. The minimum atomic E-state index is -0.440. The first-order valence-electron chi connectivity index (χ1n) is 5.96. The molecule has 0 aromatic heterocycles. The molecule has 1 amide bonds. The fraction of sp³-hybridized carbons (Fsp3) is 0.909. The summed E-state index contributed by atoms with van der Waals surface area (Å²) in [5.41, 5.74) is 7.87. The van der Waals surface area contributed by atoms with E-state index in [4.69, 9.17) is 10.6 Å². The minimum Gasteiger partial charge on any atom is -0.368 e. The number of hydrogen-bond acceptors (Lipinski definition) is 4. The normalized spacial score (nSPS) is 19.2. The highest BCUT2D eigenvalue weighted by atomic mass is 16.6. The number of carbonyl (C=O) groups excluding carboxylic acids is 1. The van der Waals surface area contributed by atoms with Crippen molar-refractivity contribution in [1.29, 1.82) is 0 Å². The van der Waals surface area contributed by atoms with E-state index in [2.05, 4.69) is 24.2 Å². The molecule has 0 aliphatic carbocycles. The van der Waals surface area contributed by atoms with Crippen LogP contribution < -0.4 is 11.2 Å². The summed E-state index contributed by atoms with van der Waals surface area (Å²) in [6.07, 6.45) is 2.12. The number of nitrogens with one attached hydrogen (secondary N) is 1. The molecule has 5 heteroatoms. The quantitative estimate of drug-likeness (QED) is 0.635. The van der Waals surface area contributed by atoms with Crippen LogP contribution >= 0.6 is 0 Å². The van der Waals surface area contributed by atoms with Gasteiger partial charge in [0.25, 0.3) is 0 Å². The number of hydrogen-bond donors (Lipinski definition) is 2. The number of nitrogens with zero attached hydrogens (tertiary/aromatic N) is 1. The first kappa shape index (κ1) is 13.4. The van der Waals surface area contributed by atoms with E-state index in [1.165, 1.54) is 0 Å². The molecule has 1 aliphatic rings. The number of hydroxylamine groups is 1. The van der Waals surface area contributed by atoms with Crippen LogP contribution in [-0.4, -0.2) is 43.1 Å². The Labute approximate surface area is 97.3 Å². The van der Waals surface area contributed by atoms with Crippen molar-refractivity contribution in [3.63, 3.8) is 0 Å². The van der Waals surface area contributed by atoms with E-state index in [0.717, 1.165) is 38.4 Å². The third-order valence-corrected chi connectivity index (χ3v) is 2.68. The minimum absolute atomic E-state index is 0.0494. The summed E-state index contributed by atoms with van der Waals surface area (Å²) in [5.74, 6) is 0.278. The molecule has 1 heterocycles. The van der Waals surface area contributed by atoms with Crippen LogP contribution in [0.4, 0.5) is 0 Å². The van der Waals surface area contributed by atoms with Gasteiger partial charge in [-0.3, -0.25) is 9.63 Å². The van der Waals surface area contributed by atoms with E-state index in [-0.39, 0.29) is 6.61 Å². The lowest BCUT2D eigenvalue weighted by atomic mass is 10.0. The molecule has 1 rings (SSSR count). The van der Waals surface area contributed by atoms with Gasteiger partial charge in [0.1, 0.15) is 6.61 Å². The zero-order valence-electron chi connectivity index (χ0n) is 10.2. The Kier molecular flexibility index (Phi) is 5.73. The van der Waals surface area contributed by atoms with Gasteiger partial charge in [-0.2, -0.15) is 5.48 Å². The Hall–Kier alpha value is -0.650. The van der Waals surface area contributed by atoms with Crippen molar-refractivity contribution in [3.05, 3.63) is 0 Å². The number of primary amides is 1. The third-order valence-electron chi connectivity index (χ3n) is 2.68. The van der Waals surface area contributed by atoms with Crippen molar-refractivity contribution in [3.8, 4) is 0 Å². The monoisotopic (exact) mass is 229 g/mol. The van der Waals surface area contributed by atoms with Crippen molar-refractivity contribution in [2.45, 2.75) is 32.7 Å². The highest BCUT2D eigenvalue weighted by molar-refractivity contribution is 5.74. The highest BCUT2D eigenvalue weighted by Gasteiger charge is 2.19. The smallest absolute Gasteiger partial charge is 0.245 e. The number of carbonyl (C=O) groups is 1. The number of likely N-dealkylation sites (tertiary alicyclic amines) is 1.